The molecule has 0 amide bonds. The van der Waals surface area contributed by atoms with E-state index in [1.165, 1.54) is 71.6 Å². The number of hydrogen-bond acceptors (Lipinski definition) is 0. The van der Waals surface area contributed by atoms with Gasteiger partial charge in [-0.3, -0.25) is 0 Å². The summed E-state index contributed by atoms with van der Waals surface area (Å²) in [6.45, 7) is 0. The summed E-state index contributed by atoms with van der Waals surface area (Å²) in [5, 5.41) is 5.60. The van der Waals surface area contributed by atoms with Gasteiger partial charge in [-0.05, 0) is 102 Å². The van der Waals surface area contributed by atoms with Gasteiger partial charge in [-0.2, -0.15) is 0 Å². The van der Waals surface area contributed by atoms with Crippen LogP contribution in [0.4, 0.5) is 0 Å². The maximum absolute atomic E-state index is 2.67. The minimum atomic E-state index is 0.347. The minimum Gasteiger partial charge on any atom is -0.333 e. The first kappa shape index (κ1) is 22.8. The van der Waals surface area contributed by atoms with Crippen molar-refractivity contribution >= 4 is 43.6 Å². The van der Waals surface area contributed by atoms with Crippen LogP contribution in [-0.2, 0) is 25.7 Å². The number of aromatic nitrogens is 2. The lowest BCUT2D eigenvalue weighted by atomic mass is 9.74. The lowest BCUT2D eigenvalue weighted by molar-refractivity contribution is 0.645. The Balaban J connectivity index is 1.35. The van der Waals surface area contributed by atoms with Crippen LogP contribution in [0.3, 0.4) is 0 Å². The third kappa shape index (κ3) is 2.89. The molecule has 2 nitrogen and oxygen atoms in total. The molecule has 0 radical (unpaired) electrons. The maximum Gasteiger partial charge on any atom is 0.0579 e. The van der Waals surface area contributed by atoms with Crippen molar-refractivity contribution in [2.75, 3.05) is 0 Å². The number of allylic oxidation sites excluding steroid dienone is 4. The van der Waals surface area contributed by atoms with E-state index in [1.54, 1.807) is 11.1 Å². The van der Waals surface area contributed by atoms with Gasteiger partial charge in [0.15, 0.2) is 0 Å². The number of benzene rings is 5. The van der Waals surface area contributed by atoms with Crippen LogP contribution in [0.5, 0.6) is 0 Å². The predicted molar refractivity (Wildman–Crippen MR) is 176 cm³/mol. The van der Waals surface area contributed by atoms with Crippen molar-refractivity contribution in [1.29, 1.82) is 0 Å². The predicted octanol–water partition coefficient (Wildman–Crippen LogP) is 9.81. The quantitative estimate of drug-likeness (QED) is 0.207. The Labute approximate surface area is 244 Å². The van der Waals surface area contributed by atoms with Gasteiger partial charge in [-0.25, -0.2) is 0 Å². The Morgan fingerprint density at radius 2 is 1.17 bits per heavy atom. The minimum absolute atomic E-state index is 0.347. The molecule has 3 aliphatic rings. The van der Waals surface area contributed by atoms with E-state index in [-0.39, 0.29) is 0 Å². The van der Waals surface area contributed by atoms with Gasteiger partial charge in [0, 0.05) is 32.7 Å². The van der Waals surface area contributed by atoms with E-state index in [9.17, 15) is 0 Å². The smallest absolute Gasteiger partial charge is 0.0579 e. The van der Waals surface area contributed by atoms with E-state index in [0.717, 1.165) is 32.1 Å². The molecule has 0 N–H and O–H groups in total. The van der Waals surface area contributed by atoms with E-state index >= 15 is 0 Å². The zero-order valence-corrected chi connectivity index (χ0v) is 23.5. The van der Waals surface area contributed by atoms with Gasteiger partial charge in [-0.1, -0.05) is 78.9 Å². The van der Waals surface area contributed by atoms with Crippen molar-refractivity contribution in [2.24, 2.45) is 0 Å². The summed E-state index contributed by atoms with van der Waals surface area (Å²) < 4.78 is 5.20. The van der Waals surface area contributed by atoms with E-state index < -0.39 is 0 Å². The van der Waals surface area contributed by atoms with Crippen LogP contribution in [0.2, 0.25) is 0 Å². The lowest BCUT2D eigenvalue weighted by Gasteiger charge is -2.32. The molecule has 2 aromatic heterocycles. The Morgan fingerprint density at radius 3 is 1.88 bits per heavy atom. The molecular weight excluding hydrogens is 508 g/mol. The van der Waals surface area contributed by atoms with Gasteiger partial charge in [0.05, 0.1) is 22.6 Å². The molecule has 3 aliphatic carbocycles. The van der Waals surface area contributed by atoms with Gasteiger partial charge >= 0.3 is 0 Å². The third-order valence-electron chi connectivity index (χ3n) is 10.2. The summed E-state index contributed by atoms with van der Waals surface area (Å²) in [6.07, 6.45) is 14.5. The number of rotatable bonds is 2. The highest BCUT2D eigenvalue weighted by Gasteiger charge is 2.33. The fraction of sp³-hybridized carbons (Fsp3) is 0.150. The van der Waals surface area contributed by atoms with Crippen molar-refractivity contribution in [3.63, 3.8) is 0 Å². The first-order chi connectivity index (χ1) is 20.9. The van der Waals surface area contributed by atoms with Gasteiger partial charge in [0.1, 0.15) is 0 Å². The second-order valence-electron chi connectivity index (χ2n) is 12.3. The molecule has 42 heavy (non-hydrogen) atoms. The third-order valence-corrected chi connectivity index (χ3v) is 10.2. The number of para-hydroxylation sites is 3. The second-order valence-corrected chi connectivity index (χ2v) is 12.3. The van der Waals surface area contributed by atoms with E-state index in [0.29, 0.717) is 6.04 Å². The highest BCUT2D eigenvalue weighted by Crippen LogP contribution is 2.51. The molecule has 0 aliphatic heterocycles. The zero-order valence-electron chi connectivity index (χ0n) is 23.5. The van der Waals surface area contributed by atoms with Crippen LogP contribution in [0.1, 0.15) is 34.7 Å². The SMILES string of the molecule is C1=CCC(n2c3ccccc3c3cc4c5c(c32)CCc2cc3c6ccccc6n(-c6ccccc6)c3c(c2-5)CC4)C=C1. The molecule has 2 heteroatoms. The normalized spacial score (nSPS) is 17.1. The molecule has 2 heterocycles. The summed E-state index contributed by atoms with van der Waals surface area (Å²) in [5.41, 5.74) is 16.0. The molecule has 0 fully saturated rings. The van der Waals surface area contributed by atoms with E-state index in [2.05, 4.69) is 124 Å². The average molecular weight is 539 g/mol. The van der Waals surface area contributed by atoms with Crippen molar-refractivity contribution in [2.45, 2.75) is 38.1 Å². The van der Waals surface area contributed by atoms with Crippen LogP contribution < -0.4 is 0 Å². The van der Waals surface area contributed by atoms with Gasteiger partial charge in [-0.15, -0.1) is 0 Å². The molecule has 1 atom stereocenters. The summed E-state index contributed by atoms with van der Waals surface area (Å²) in [5.74, 6) is 0. The standard InChI is InChI=1S/C40H30N2/c1-3-11-27(12-4-1)41-35-17-9-7-15-29(35)33-23-25-20-22-32-38-26(19-21-31(37(25)38)39(33)41)24-34-30-16-8-10-18-36(30)42(40(32)34)28-13-5-2-6-14-28/h1-13,15-18,23-24,28H,14,19-22H2. The van der Waals surface area contributed by atoms with Crippen LogP contribution >= 0.6 is 0 Å². The lowest BCUT2D eigenvalue weighted by Crippen LogP contribution is -2.17. The van der Waals surface area contributed by atoms with Gasteiger partial charge < -0.3 is 9.13 Å². The second kappa shape index (κ2) is 8.36. The zero-order chi connectivity index (χ0) is 27.4. The molecule has 0 saturated carbocycles. The largest absolute Gasteiger partial charge is 0.333 e. The Morgan fingerprint density at radius 1 is 0.548 bits per heavy atom. The molecular formula is C40H30N2. The Kier molecular flexibility index (Phi) is 4.54. The van der Waals surface area contributed by atoms with E-state index in [1.807, 2.05) is 0 Å². The maximum atomic E-state index is 2.67. The number of nitrogens with zero attached hydrogens (tertiary/aromatic N) is 2. The first-order valence-corrected chi connectivity index (χ1v) is 15.4. The van der Waals surface area contributed by atoms with Crippen LogP contribution in [0.25, 0.3) is 60.4 Å². The Bertz CT molecular complexity index is 2320. The summed E-state index contributed by atoms with van der Waals surface area (Å²) >= 11 is 0. The number of hydrogen-bond donors (Lipinski definition) is 0. The summed E-state index contributed by atoms with van der Waals surface area (Å²) in [6, 6.07) is 34.5. The fourth-order valence-corrected chi connectivity index (χ4v) is 8.54. The van der Waals surface area contributed by atoms with Crippen molar-refractivity contribution < 1.29 is 0 Å². The molecule has 1 unspecified atom stereocenters. The first-order valence-electron chi connectivity index (χ1n) is 15.4. The molecule has 10 rings (SSSR count). The highest BCUT2D eigenvalue weighted by atomic mass is 15.0. The van der Waals surface area contributed by atoms with E-state index in [4.69, 9.17) is 0 Å². The summed E-state index contributed by atoms with van der Waals surface area (Å²) in [4.78, 5) is 0. The van der Waals surface area contributed by atoms with Crippen LogP contribution in [0, 0.1) is 0 Å². The van der Waals surface area contributed by atoms with Crippen molar-refractivity contribution in [1.82, 2.24) is 9.13 Å². The summed E-state index contributed by atoms with van der Waals surface area (Å²) in [7, 11) is 0. The van der Waals surface area contributed by atoms with Crippen LogP contribution in [0.15, 0.2) is 115 Å². The molecule has 0 saturated heterocycles. The number of fused-ring (bicyclic) bond motifs is 8. The monoisotopic (exact) mass is 538 g/mol. The Hall–Kier alpha value is -4.82. The topological polar surface area (TPSA) is 9.86 Å². The molecule has 5 aromatic carbocycles. The van der Waals surface area contributed by atoms with Crippen molar-refractivity contribution in [3.8, 4) is 16.8 Å². The van der Waals surface area contributed by atoms with Crippen molar-refractivity contribution in [3.05, 3.63) is 138 Å². The molecule has 200 valence electrons. The molecule has 0 spiro atoms. The molecule has 0 bridgehead atoms. The van der Waals surface area contributed by atoms with Crippen LogP contribution in [-0.4, -0.2) is 9.13 Å². The highest BCUT2D eigenvalue weighted by molar-refractivity contribution is 6.15. The number of aryl methyl sites for hydroxylation is 4. The molecule has 7 aromatic rings. The van der Waals surface area contributed by atoms with Gasteiger partial charge in [0.25, 0.3) is 0 Å². The van der Waals surface area contributed by atoms with Gasteiger partial charge in [0.2, 0.25) is 0 Å². The fourth-order valence-electron chi connectivity index (χ4n) is 8.54. The average Bonchev–Trinajstić information content (AvgIpc) is 3.57.